The molecule has 1 spiro atoms. The summed E-state index contributed by atoms with van der Waals surface area (Å²) >= 11 is 3.42. The number of nitrogens with zero attached hydrogens (tertiary/aromatic N) is 5. The molecule has 3 saturated heterocycles. The monoisotopic (exact) mass is 623 g/mol. The summed E-state index contributed by atoms with van der Waals surface area (Å²) in [4.78, 5) is 15.6. The second kappa shape index (κ2) is 10.7. The Balaban J connectivity index is 0.000000148. The van der Waals surface area contributed by atoms with Crippen LogP contribution in [0.3, 0.4) is 0 Å². The number of halogens is 4. The number of aromatic nitrogens is 2. The molecule has 4 aliphatic heterocycles. The van der Waals surface area contributed by atoms with E-state index in [1.807, 2.05) is 11.0 Å². The standard InChI is InChI=1S/C15H12F3N3O.C12H17BrN2O3/c16-15(17,18)14-19-11-9-5-1-2-6-10(9)22-12(11)13(20-14)21-7-3-4-8-21;1-8-12(6-17-7-12)18-3-2-15(8)10-4-9(13)5-14-11(10)16/h1-2,5-6H,3-4,7-8H2;4-5,8,10-11,16H,2-3,6-7H2,1H3/t;8-,10?,11?/m.0/s1. The van der Waals surface area contributed by atoms with Crippen molar-refractivity contribution >= 4 is 50.0 Å². The van der Waals surface area contributed by atoms with E-state index in [1.165, 1.54) is 0 Å². The first-order valence-corrected chi connectivity index (χ1v) is 14.0. The Labute approximate surface area is 236 Å². The molecule has 6 heterocycles. The van der Waals surface area contributed by atoms with Crippen LogP contribution in [0.15, 0.2) is 44.2 Å². The predicted octanol–water partition coefficient (Wildman–Crippen LogP) is 4.52. The van der Waals surface area contributed by atoms with Crippen molar-refractivity contribution in [3.8, 4) is 0 Å². The smallest absolute Gasteiger partial charge is 0.450 e. The molecule has 1 N–H and O–H groups in total. The summed E-state index contributed by atoms with van der Waals surface area (Å²) in [6, 6.07) is 7.07. The lowest BCUT2D eigenvalue weighted by Gasteiger charge is -2.54. The fourth-order valence-corrected chi connectivity index (χ4v) is 6.04. The Hall–Kier alpha value is -2.58. The van der Waals surface area contributed by atoms with E-state index in [2.05, 4.69) is 42.7 Å². The molecule has 3 atom stereocenters. The quantitative estimate of drug-likeness (QED) is 0.445. The summed E-state index contributed by atoms with van der Waals surface area (Å²) in [6.07, 6.45) is 0.243. The highest BCUT2D eigenvalue weighted by Gasteiger charge is 2.51. The van der Waals surface area contributed by atoms with Crippen molar-refractivity contribution in [2.75, 3.05) is 44.4 Å². The van der Waals surface area contributed by atoms with Crippen LogP contribution in [0.4, 0.5) is 19.0 Å². The molecule has 13 heteroatoms. The number of morpholine rings is 1. The number of benzene rings is 1. The van der Waals surface area contributed by atoms with E-state index in [0.717, 1.165) is 23.9 Å². The van der Waals surface area contributed by atoms with E-state index in [9.17, 15) is 18.3 Å². The Morgan fingerprint density at radius 3 is 2.55 bits per heavy atom. The highest BCUT2D eigenvalue weighted by Crippen LogP contribution is 2.38. The van der Waals surface area contributed by atoms with Gasteiger partial charge in [0.05, 0.1) is 25.9 Å². The second-order valence-electron chi connectivity index (χ2n) is 10.4. The zero-order valence-electron chi connectivity index (χ0n) is 21.8. The summed E-state index contributed by atoms with van der Waals surface area (Å²) in [5.41, 5.74) is 0.877. The van der Waals surface area contributed by atoms with Gasteiger partial charge in [0.2, 0.25) is 5.82 Å². The van der Waals surface area contributed by atoms with E-state index in [1.54, 1.807) is 30.5 Å². The molecule has 7 rings (SSSR count). The molecule has 3 fully saturated rings. The number of aliphatic hydroxyl groups excluding tert-OH is 1. The van der Waals surface area contributed by atoms with Crippen LogP contribution in [0.25, 0.3) is 22.1 Å². The Morgan fingerprint density at radius 2 is 1.85 bits per heavy atom. The van der Waals surface area contributed by atoms with Crippen molar-refractivity contribution in [3.05, 3.63) is 40.6 Å². The third kappa shape index (κ3) is 5.02. The fraction of sp³-hybridized carbons (Fsp3) is 0.519. The predicted molar refractivity (Wildman–Crippen MR) is 147 cm³/mol. The first-order valence-electron chi connectivity index (χ1n) is 13.2. The Morgan fingerprint density at radius 1 is 1.10 bits per heavy atom. The van der Waals surface area contributed by atoms with Gasteiger partial charge in [-0.15, -0.1) is 0 Å². The molecule has 0 radical (unpaired) electrons. The van der Waals surface area contributed by atoms with Gasteiger partial charge in [-0.05, 0) is 53.9 Å². The zero-order valence-corrected chi connectivity index (χ0v) is 23.4. The molecule has 214 valence electrons. The summed E-state index contributed by atoms with van der Waals surface area (Å²) in [6.45, 7) is 6.25. The number of hydrogen-bond donors (Lipinski definition) is 1. The molecular weight excluding hydrogens is 595 g/mol. The minimum atomic E-state index is -4.58. The number of rotatable bonds is 2. The van der Waals surface area contributed by atoms with Gasteiger partial charge in [-0.2, -0.15) is 13.2 Å². The topological polar surface area (TPSA) is 96.5 Å². The third-order valence-electron chi connectivity index (χ3n) is 7.92. The average molecular weight is 624 g/mol. The molecule has 0 aliphatic carbocycles. The number of hydrogen-bond acceptors (Lipinski definition) is 9. The van der Waals surface area contributed by atoms with Crippen molar-refractivity contribution in [3.63, 3.8) is 0 Å². The molecule has 4 aliphatic rings. The molecule has 1 aromatic carbocycles. The molecule has 0 bridgehead atoms. The number of ether oxygens (including phenoxy) is 2. The normalized spacial score (nSPS) is 26.6. The summed E-state index contributed by atoms with van der Waals surface area (Å²) in [7, 11) is 0. The lowest BCUT2D eigenvalue weighted by Crippen LogP contribution is -2.70. The van der Waals surface area contributed by atoms with E-state index in [0.29, 0.717) is 49.5 Å². The first kappa shape index (κ1) is 27.6. The minimum Gasteiger partial charge on any atom is -0.450 e. The van der Waals surface area contributed by atoms with Gasteiger partial charge >= 0.3 is 6.18 Å². The SMILES string of the molecule is C[C@@H]1N(C2C=C(Br)C=NC2O)CCOC12COC2.FC(F)(F)c1nc(N2CCCC2)c2oc3ccccc3c2n1. The molecule has 2 aromatic heterocycles. The molecular formula is C27H29BrF3N5O4. The molecule has 9 nitrogen and oxygen atoms in total. The number of para-hydroxylation sites is 1. The first-order chi connectivity index (χ1) is 19.2. The lowest BCUT2D eigenvalue weighted by atomic mass is 9.89. The van der Waals surface area contributed by atoms with Crippen molar-refractivity contribution < 1.29 is 32.2 Å². The summed E-state index contributed by atoms with van der Waals surface area (Å²) in [5.74, 6) is -0.875. The Bertz CT molecular complexity index is 1450. The van der Waals surface area contributed by atoms with Crippen LogP contribution in [0, 0.1) is 0 Å². The number of aliphatic hydroxyl groups is 1. The van der Waals surface area contributed by atoms with Gasteiger partial charge in [0.15, 0.2) is 17.6 Å². The van der Waals surface area contributed by atoms with Gasteiger partial charge in [-0.3, -0.25) is 9.89 Å². The van der Waals surface area contributed by atoms with Crippen molar-refractivity contribution in [2.45, 2.75) is 49.9 Å². The highest BCUT2D eigenvalue weighted by atomic mass is 79.9. The van der Waals surface area contributed by atoms with Gasteiger partial charge in [0, 0.05) is 41.8 Å². The maximum absolute atomic E-state index is 13.1. The molecule has 2 unspecified atom stereocenters. The van der Waals surface area contributed by atoms with E-state index >= 15 is 0 Å². The number of fused-ring (bicyclic) bond motifs is 3. The van der Waals surface area contributed by atoms with Crippen LogP contribution in [-0.2, 0) is 15.7 Å². The number of alkyl halides is 3. The fourth-order valence-electron chi connectivity index (χ4n) is 5.65. The number of allylic oxidation sites excluding steroid dienone is 1. The lowest BCUT2D eigenvalue weighted by molar-refractivity contribution is -0.264. The largest absolute Gasteiger partial charge is 0.451 e. The van der Waals surface area contributed by atoms with E-state index in [4.69, 9.17) is 13.9 Å². The molecule has 0 amide bonds. The van der Waals surface area contributed by atoms with Crippen LogP contribution < -0.4 is 4.90 Å². The maximum Gasteiger partial charge on any atom is 0.451 e. The molecule has 0 saturated carbocycles. The van der Waals surface area contributed by atoms with Crippen molar-refractivity contribution in [1.82, 2.24) is 14.9 Å². The number of dihydropyridines is 1. The molecule has 40 heavy (non-hydrogen) atoms. The van der Waals surface area contributed by atoms with Crippen LogP contribution in [-0.4, -0.2) is 89.6 Å². The minimum absolute atomic E-state index is 0.0965. The highest BCUT2D eigenvalue weighted by molar-refractivity contribution is 9.12. The molecule has 3 aromatic rings. The van der Waals surface area contributed by atoms with E-state index < -0.39 is 18.2 Å². The average Bonchev–Trinajstić information content (AvgIpc) is 3.57. The van der Waals surface area contributed by atoms with Gasteiger partial charge in [-0.1, -0.05) is 12.1 Å². The number of furan rings is 1. The van der Waals surface area contributed by atoms with Gasteiger partial charge in [-0.25, -0.2) is 9.97 Å². The maximum atomic E-state index is 13.1. The zero-order chi connectivity index (χ0) is 28.1. The van der Waals surface area contributed by atoms with Crippen molar-refractivity contribution in [1.29, 1.82) is 0 Å². The third-order valence-corrected chi connectivity index (χ3v) is 8.39. The van der Waals surface area contributed by atoms with Gasteiger partial charge in [0.1, 0.15) is 16.7 Å². The summed E-state index contributed by atoms with van der Waals surface area (Å²) in [5, 5.41) is 10.6. The van der Waals surface area contributed by atoms with Crippen LogP contribution in [0.1, 0.15) is 25.6 Å². The summed E-state index contributed by atoms with van der Waals surface area (Å²) < 4.78 is 57.2. The second-order valence-corrected chi connectivity index (χ2v) is 11.3. The van der Waals surface area contributed by atoms with Crippen LogP contribution >= 0.6 is 15.9 Å². The van der Waals surface area contributed by atoms with Gasteiger partial charge < -0.3 is 23.9 Å². The van der Waals surface area contributed by atoms with Crippen LogP contribution in [0.5, 0.6) is 0 Å². The van der Waals surface area contributed by atoms with Crippen LogP contribution in [0.2, 0.25) is 0 Å². The van der Waals surface area contributed by atoms with E-state index in [-0.39, 0.29) is 29.0 Å². The van der Waals surface area contributed by atoms with Gasteiger partial charge in [0.25, 0.3) is 0 Å². The Kier molecular flexibility index (Phi) is 7.36. The number of aliphatic imine (C=N–C) groups is 1. The number of anilines is 1. The van der Waals surface area contributed by atoms with Crippen molar-refractivity contribution in [2.24, 2.45) is 4.99 Å².